The number of nitrogens with one attached hydrogen (secondary N) is 2. The average Bonchev–Trinajstić information content (AvgIpc) is 3.31. The number of rotatable bonds is 5. The molecule has 1 aromatic heterocycles. The van der Waals surface area contributed by atoms with Gasteiger partial charge in [0.25, 0.3) is 5.69 Å². The van der Waals surface area contributed by atoms with Crippen LogP contribution >= 0.6 is 11.3 Å². The van der Waals surface area contributed by atoms with Gasteiger partial charge in [-0.1, -0.05) is 29.5 Å². The summed E-state index contributed by atoms with van der Waals surface area (Å²) >= 11 is 1.06. The third kappa shape index (κ3) is 3.96. The van der Waals surface area contributed by atoms with Crippen LogP contribution in [0.2, 0.25) is 0 Å². The van der Waals surface area contributed by atoms with Crippen LogP contribution in [-0.2, 0) is 0 Å². The predicted octanol–water partition coefficient (Wildman–Crippen LogP) is 4.58. The second kappa shape index (κ2) is 7.88. The van der Waals surface area contributed by atoms with Crippen LogP contribution in [-0.4, -0.2) is 21.8 Å². The summed E-state index contributed by atoms with van der Waals surface area (Å²) in [7, 11) is 0. The molecule has 0 radical (unpaired) electrons. The SMILES string of the molecule is Cc1ccc(Nc2[nH]c(=O)sc2/C=C2/C=NN=C2c2cccc([N+](=O)[O-])c2)cc1C. The topological polar surface area (TPSA) is 113 Å². The fraction of sp³-hybridized carbons (Fsp3) is 0.0952. The molecule has 2 heterocycles. The van der Waals surface area contributed by atoms with Gasteiger partial charge >= 0.3 is 4.87 Å². The minimum absolute atomic E-state index is 0.0233. The first-order chi connectivity index (χ1) is 14.4. The number of hydrogen-bond acceptors (Lipinski definition) is 7. The molecule has 1 aliphatic rings. The Bertz CT molecular complexity index is 1300. The standard InChI is InChI=1S/C21H17N5O3S/c1-12-6-7-16(8-13(12)2)23-20-18(30-21(27)24-20)10-15-11-22-25-19(15)14-4-3-5-17(9-14)26(28)29/h3-11,23H,1-2H3,(H,24,27)/b15-10-. The zero-order valence-corrected chi connectivity index (χ0v) is 17.0. The van der Waals surface area contributed by atoms with Gasteiger partial charge in [0, 0.05) is 29.0 Å². The van der Waals surface area contributed by atoms with Crippen molar-refractivity contribution in [2.75, 3.05) is 5.32 Å². The summed E-state index contributed by atoms with van der Waals surface area (Å²) in [5.41, 5.74) is 4.91. The molecular formula is C21H17N5O3S. The van der Waals surface area contributed by atoms with E-state index >= 15 is 0 Å². The number of nitro benzene ring substituents is 1. The maximum Gasteiger partial charge on any atom is 0.306 e. The van der Waals surface area contributed by atoms with E-state index in [9.17, 15) is 14.9 Å². The molecule has 3 aromatic rings. The Morgan fingerprint density at radius 2 is 2.00 bits per heavy atom. The number of nitro groups is 1. The Morgan fingerprint density at radius 3 is 2.77 bits per heavy atom. The summed E-state index contributed by atoms with van der Waals surface area (Å²) in [5.74, 6) is 0.569. The number of hydrogen-bond donors (Lipinski definition) is 2. The molecule has 1 aliphatic heterocycles. The number of aryl methyl sites for hydroxylation is 2. The number of allylic oxidation sites excluding steroid dienone is 1. The Balaban J connectivity index is 1.68. The van der Waals surface area contributed by atoms with Crippen molar-refractivity contribution in [1.82, 2.24) is 4.98 Å². The van der Waals surface area contributed by atoms with E-state index in [0.29, 0.717) is 27.5 Å². The van der Waals surface area contributed by atoms with Gasteiger partial charge in [-0.2, -0.15) is 5.10 Å². The molecule has 0 spiro atoms. The molecule has 2 aromatic carbocycles. The molecule has 0 saturated carbocycles. The van der Waals surface area contributed by atoms with Gasteiger partial charge in [0.2, 0.25) is 0 Å². The van der Waals surface area contributed by atoms with E-state index in [1.807, 2.05) is 32.0 Å². The smallest absolute Gasteiger partial charge is 0.306 e. The normalized spacial score (nSPS) is 14.2. The van der Waals surface area contributed by atoms with Crippen LogP contribution < -0.4 is 10.2 Å². The van der Waals surface area contributed by atoms with Crippen molar-refractivity contribution >= 4 is 46.5 Å². The van der Waals surface area contributed by atoms with Crippen LogP contribution in [0.1, 0.15) is 21.6 Å². The summed E-state index contributed by atoms with van der Waals surface area (Å²) in [6.07, 6.45) is 3.36. The van der Waals surface area contributed by atoms with Crippen LogP contribution in [0.15, 0.2) is 63.0 Å². The van der Waals surface area contributed by atoms with E-state index in [0.717, 1.165) is 22.6 Å². The van der Waals surface area contributed by atoms with Crippen molar-refractivity contribution in [2.24, 2.45) is 10.2 Å². The van der Waals surface area contributed by atoms with Crippen molar-refractivity contribution < 1.29 is 4.92 Å². The number of benzene rings is 2. The maximum absolute atomic E-state index is 12.0. The first-order valence-electron chi connectivity index (χ1n) is 9.06. The summed E-state index contributed by atoms with van der Waals surface area (Å²) in [5, 5.41) is 22.4. The van der Waals surface area contributed by atoms with Crippen molar-refractivity contribution in [3.05, 3.63) is 89.4 Å². The van der Waals surface area contributed by atoms with Crippen LogP contribution in [0.25, 0.3) is 6.08 Å². The van der Waals surface area contributed by atoms with E-state index in [1.54, 1.807) is 24.4 Å². The second-order valence-electron chi connectivity index (χ2n) is 6.78. The third-order valence-corrected chi connectivity index (χ3v) is 5.53. The lowest BCUT2D eigenvalue weighted by Gasteiger charge is -2.08. The molecule has 0 aliphatic carbocycles. The third-order valence-electron chi connectivity index (χ3n) is 4.70. The van der Waals surface area contributed by atoms with Crippen molar-refractivity contribution in [3.63, 3.8) is 0 Å². The van der Waals surface area contributed by atoms with Gasteiger partial charge in [0.1, 0.15) is 11.5 Å². The molecule has 4 rings (SSSR count). The first kappa shape index (κ1) is 19.5. The van der Waals surface area contributed by atoms with E-state index in [-0.39, 0.29) is 10.6 Å². The molecule has 2 N–H and O–H groups in total. The monoisotopic (exact) mass is 419 g/mol. The summed E-state index contributed by atoms with van der Waals surface area (Å²) in [6.45, 7) is 4.06. The number of H-pyrrole nitrogens is 1. The van der Waals surface area contributed by atoms with Crippen molar-refractivity contribution in [2.45, 2.75) is 13.8 Å². The van der Waals surface area contributed by atoms with Crippen LogP contribution in [0.4, 0.5) is 17.2 Å². The van der Waals surface area contributed by atoms with E-state index in [4.69, 9.17) is 0 Å². The zero-order chi connectivity index (χ0) is 21.3. The van der Waals surface area contributed by atoms with E-state index in [2.05, 4.69) is 20.5 Å². The van der Waals surface area contributed by atoms with Gasteiger partial charge < -0.3 is 5.32 Å². The lowest BCUT2D eigenvalue weighted by Crippen LogP contribution is -2.03. The molecule has 0 fully saturated rings. The number of aromatic nitrogens is 1. The fourth-order valence-electron chi connectivity index (χ4n) is 3.00. The molecule has 0 amide bonds. The zero-order valence-electron chi connectivity index (χ0n) is 16.2. The average molecular weight is 419 g/mol. The highest BCUT2D eigenvalue weighted by molar-refractivity contribution is 7.10. The highest BCUT2D eigenvalue weighted by Crippen LogP contribution is 2.26. The molecule has 150 valence electrons. The molecule has 0 atom stereocenters. The van der Waals surface area contributed by atoms with Gasteiger partial charge in [-0.05, 0) is 43.2 Å². The molecule has 9 heteroatoms. The van der Waals surface area contributed by atoms with E-state index in [1.165, 1.54) is 17.7 Å². The Hall–Kier alpha value is -3.85. The Labute approximate surface area is 175 Å². The van der Waals surface area contributed by atoms with Gasteiger partial charge in [-0.15, -0.1) is 5.10 Å². The van der Waals surface area contributed by atoms with Gasteiger partial charge in [-0.3, -0.25) is 19.9 Å². The van der Waals surface area contributed by atoms with Crippen LogP contribution in [0, 0.1) is 24.0 Å². The Kier molecular flexibility index (Phi) is 5.11. The van der Waals surface area contributed by atoms with E-state index < -0.39 is 4.92 Å². The summed E-state index contributed by atoms with van der Waals surface area (Å²) in [4.78, 5) is 25.9. The van der Waals surface area contributed by atoms with Gasteiger partial charge in [0.15, 0.2) is 0 Å². The largest absolute Gasteiger partial charge is 0.341 e. The first-order valence-corrected chi connectivity index (χ1v) is 9.87. The number of non-ortho nitro benzene ring substituents is 1. The summed E-state index contributed by atoms with van der Waals surface area (Å²) < 4.78 is 0. The second-order valence-corrected chi connectivity index (χ2v) is 7.79. The van der Waals surface area contributed by atoms with Gasteiger partial charge in [0.05, 0.1) is 16.0 Å². The predicted molar refractivity (Wildman–Crippen MR) is 120 cm³/mol. The molecule has 0 bridgehead atoms. The molecule has 30 heavy (non-hydrogen) atoms. The minimum atomic E-state index is -0.452. The quantitative estimate of drug-likeness (QED) is 0.465. The van der Waals surface area contributed by atoms with Crippen molar-refractivity contribution in [3.8, 4) is 0 Å². The summed E-state index contributed by atoms with van der Waals surface area (Å²) in [6, 6.07) is 12.2. The Morgan fingerprint density at radius 1 is 1.17 bits per heavy atom. The van der Waals surface area contributed by atoms with Crippen molar-refractivity contribution in [1.29, 1.82) is 0 Å². The van der Waals surface area contributed by atoms with Crippen LogP contribution in [0.3, 0.4) is 0 Å². The number of anilines is 2. The number of thiazole rings is 1. The lowest BCUT2D eigenvalue weighted by molar-refractivity contribution is -0.384. The lowest BCUT2D eigenvalue weighted by atomic mass is 10.0. The van der Waals surface area contributed by atoms with Gasteiger partial charge in [-0.25, -0.2) is 0 Å². The number of nitrogens with zero attached hydrogens (tertiary/aromatic N) is 3. The molecule has 8 nitrogen and oxygen atoms in total. The highest BCUT2D eigenvalue weighted by atomic mass is 32.1. The number of aromatic amines is 1. The molecular weight excluding hydrogens is 402 g/mol. The minimum Gasteiger partial charge on any atom is -0.341 e. The highest BCUT2D eigenvalue weighted by Gasteiger charge is 2.18. The molecule has 0 saturated heterocycles. The molecule has 0 unspecified atom stereocenters. The fourth-order valence-corrected chi connectivity index (χ4v) is 3.75. The maximum atomic E-state index is 12.0. The van der Waals surface area contributed by atoms with Crippen LogP contribution in [0.5, 0.6) is 0 Å².